The third-order valence-corrected chi connectivity index (χ3v) is 5.99. The maximum Gasteiger partial charge on any atom is 0.224 e. The van der Waals surface area contributed by atoms with Crippen LogP contribution >= 0.6 is 11.3 Å². The fourth-order valence-electron chi connectivity index (χ4n) is 3.59. The number of hydrogen-bond acceptors (Lipinski definition) is 5. The summed E-state index contributed by atoms with van der Waals surface area (Å²) in [7, 11) is 0. The Morgan fingerprint density at radius 1 is 1.07 bits per heavy atom. The molecule has 1 amide bonds. The predicted octanol–water partition coefficient (Wildman–Crippen LogP) is 5.43. The topological polar surface area (TPSA) is 58.1 Å². The van der Waals surface area contributed by atoms with E-state index in [9.17, 15) is 4.79 Å². The number of amides is 1. The number of benzene rings is 1. The first-order chi connectivity index (χ1) is 14.0. The van der Waals surface area contributed by atoms with E-state index in [0.717, 1.165) is 42.0 Å². The minimum absolute atomic E-state index is 0.201. The maximum absolute atomic E-state index is 12.6. The summed E-state index contributed by atoms with van der Waals surface area (Å²) in [4.78, 5) is 25.7. The molecule has 0 aliphatic carbocycles. The number of aryl methyl sites for hydroxylation is 2. The van der Waals surface area contributed by atoms with Crippen molar-refractivity contribution in [3.05, 3.63) is 41.0 Å². The van der Waals surface area contributed by atoms with Gasteiger partial charge >= 0.3 is 0 Å². The first kappa shape index (κ1) is 21.2. The quantitative estimate of drug-likeness (QED) is 0.511. The molecule has 1 N–H and O–H groups in total. The number of nitrogens with one attached hydrogen (secondary N) is 1. The lowest BCUT2D eigenvalue weighted by Gasteiger charge is -2.21. The summed E-state index contributed by atoms with van der Waals surface area (Å²) in [6, 6.07) is 8.56. The van der Waals surface area contributed by atoms with Crippen LogP contribution in [0.4, 0.5) is 5.82 Å². The Kier molecular flexibility index (Phi) is 7.20. The molecule has 0 bridgehead atoms. The van der Waals surface area contributed by atoms with Gasteiger partial charge in [-0.25, -0.2) is 9.97 Å². The van der Waals surface area contributed by atoms with Crippen LogP contribution in [0.3, 0.4) is 0 Å². The zero-order valence-corrected chi connectivity index (χ0v) is 18.6. The first-order valence-corrected chi connectivity index (χ1v) is 11.2. The largest absolute Gasteiger partial charge is 0.369 e. The summed E-state index contributed by atoms with van der Waals surface area (Å²) in [6.07, 6.45) is 4.04. The van der Waals surface area contributed by atoms with Crippen molar-refractivity contribution in [3.8, 4) is 11.1 Å². The highest BCUT2D eigenvalue weighted by Gasteiger charge is 2.17. The van der Waals surface area contributed by atoms with Crippen LogP contribution in [0.5, 0.6) is 0 Å². The van der Waals surface area contributed by atoms with Crippen LogP contribution in [-0.2, 0) is 4.79 Å². The van der Waals surface area contributed by atoms with Crippen molar-refractivity contribution in [2.45, 2.75) is 47.0 Å². The molecular formula is C23H30N4OS. The van der Waals surface area contributed by atoms with E-state index in [1.54, 1.807) is 17.7 Å². The number of anilines is 1. The summed E-state index contributed by atoms with van der Waals surface area (Å²) < 4.78 is 0. The Labute approximate surface area is 177 Å². The Hall–Kier alpha value is -2.47. The Morgan fingerprint density at radius 3 is 2.41 bits per heavy atom. The molecule has 0 aliphatic heterocycles. The molecule has 0 saturated carbocycles. The second-order valence-corrected chi connectivity index (χ2v) is 8.56. The summed E-state index contributed by atoms with van der Waals surface area (Å²) in [5.41, 5.74) is 3.59. The lowest BCUT2D eigenvalue weighted by molar-refractivity contribution is -0.131. The number of hydrogen-bond donors (Lipinski definition) is 1. The minimum Gasteiger partial charge on any atom is -0.369 e. The van der Waals surface area contributed by atoms with Gasteiger partial charge in [0.1, 0.15) is 17.0 Å². The fourth-order valence-corrected chi connectivity index (χ4v) is 4.61. The van der Waals surface area contributed by atoms with Crippen LogP contribution in [0, 0.1) is 13.8 Å². The van der Waals surface area contributed by atoms with Gasteiger partial charge in [-0.2, -0.15) is 0 Å². The Balaban J connectivity index is 1.81. The van der Waals surface area contributed by atoms with Crippen molar-refractivity contribution in [3.63, 3.8) is 0 Å². The molecule has 3 aromatic rings. The molecule has 2 heterocycles. The highest BCUT2D eigenvalue weighted by atomic mass is 32.1. The molecule has 6 heteroatoms. The first-order valence-electron chi connectivity index (χ1n) is 10.4. The second kappa shape index (κ2) is 9.83. The molecule has 2 aromatic heterocycles. The van der Waals surface area contributed by atoms with Gasteiger partial charge in [0.15, 0.2) is 0 Å². The van der Waals surface area contributed by atoms with Crippen molar-refractivity contribution in [1.29, 1.82) is 0 Å². The number of nitrogens with zero attached hydrogens (tertiary/aromatic N) is 3. The van der Waals surface area contributed by atoms with E-state index in [1.807, 2.05) is 4.90 Å². The fraction of sp³-hybridized carbons (Fsp3) is 0.435. The zero-order chi connectivity index (χ0) is 20.8. The van der Waals surface area contributed by atoms with Crippen molar-refractivity contribution < 1.29 is 4.79 Å². The maximum atomic E-state index is 12.6. The van der Waals surface area contributed by atoms with Crippen molar-refractivity contribution in [2.24, 2.45) is 0 Å². The molecule has 3 rings (SSSR count). The van der Waals surface area contributed by atoms with E-state index >= 15 is 0 Å². The van der Waals surface area contributed by atoms with Crippen LogP contribution in [0.1, 0.15) is 43.6 Å². The van der Waals surface area contributed by atoms with E-state index < -0.39 is 0 Å². The van der Waals surface area contributed by atoms with E-state index in [0.29, 0.717) is 13.0 Å². The van der Waals surface area contributed by atoms with Crippen LogP contribution in [0.2, 0.25) is 0 Å². The number of rotatable bonds is 9. The molecule has 0 radical (unpaired) electrons. The monoisotopic (exact) mass is 410 g/mol. The van der Waals surface area contributed by atoms with Gasteiger partial charge in [0.2, 0.25) is 5.91 Å². The standard InChI is InChI=1S/C23H30N4OS/c1-5-13-27(14-6-2)19(28)11-12-24-22-21-20(18-9-7-16(3)8-10-18)17(4)29-23(21)26-15-25-22/h7-10,15H,5-6,11-14H2,1-4H3,(H,24,25,26). The number of carbonyl (C=O) groups is 1. The SMILES string of the molecule is CCCN(CCC)C(=O)CCNc1ncnc2sc(C)c(-c3ccc(C)cc3)c12. The molecule has 0 spiro atoms. The summed E-state index contributed by atoms with van der Waals surface area (Å²) in [5, 5.41) is 4.45. The molecular weight excluding hydrogens is 380 g/mol. The van der Waals surface area contributed by atoms with Crippen LogP contribution < -0.4 is 5.32 Å². The molecule has 0 atom stereocenters. The zero-order valence-electron chi connectivity index (χ0n) is 17.8. The van der Waals surface area contributed by atoms with Gasteiger partial charge in [-0.15, -0.1) is 11.3 Å². The van der Waals surface area contributed by atoms with Gasteiger partial charge in [0.05, 0.1) is 5.39 Å². The number of fused-ring (bicyclic) bond motifs is 1. The number of carbonyl (C=O) groups excluding carboxylic acids is 1. The Morgan fingerprint density at radius 2 is 1.76 bits per heavy atom. The molecule has 0 fully saturated rings. The molecule has 154 valence electrons. The number of thiophene rings is 1. The van der Waals surface area contributed by atoms with E-state index in [-0.39, 0.29) is 5.91 Å². The van der Waals surface area contributed by atoms with Crippen LogP contribution in [-0.4, -0.2) is 40.4 Å². The van der Waals surface area contributed by atoms with E-state index in [2.05, 4.69) is 67.2 Å². The van der Waals surface area contributed by atoms with Crippen molar-refractivity contribution >= 4 is 33.3 Å². The van der Waals surface area contributed by atoms with Crippen LogP contribution in [0.15, 0.2) is 30.6 Å². The summed E-state index contributed by atoms with van der Waals surface area (Å²) in [6.45, 7) is 10.7. The highest BCUT2D eigenvalue weighted by Crippen LogP contribution is 2.40. The molecule has 0 aliphatic rings. The van der Waals surface area contributed by atoms with Gasteiger partial charge in [0.25, 0.3) is 0 Å². The normalized spacial score (nSPS) is 11.0. The second-order valence-electron chi connectivity index (χ2n) is 7.36. The van der Waals surface area contributed by atoms with Gasteiger partial charge in [-0.1, -0.05) is 43.7 Å². The highest BCUT2D eigenvalue weighted by molar-refractivity contribution is 7.19. The molecule has 0 saturated heterocycles. The summed E-state index contributed by atoms with van der Waals surface area (Å²) in [5.74, 6) is 1.01. The average molecular weight is 411 g/mol. The predicted molar refractivity (Wildman–Crippen MR) is 123 cm³/mol. The summed E-state index contributed by atoms with van der Waals surface area (Å²) >= 11 is 1.68. The van der Waals surface area contributed by atoms with Gasteiger partial charge in [0, 0.05) is 36.5 Å². The Bertz CT molecular complexity index is 959. The van der Waals surface area contributed by atoms with Gasteiger partial charge in [-0.05, 0) is 32.3 Å². The van der Waals surface area contributed by atoms with E-state index in [4.69, 9.17) is 0 Å². The van der Waals surface area contributed by atoms with Crippen molar-refractivity contribution in [1.82, 2.24) is 14.9 Å². The molecule has 5 nitrogen and oxygen atoms in total. The molecule has 1 aromatic carbocycles. The third kappa shape index (κ3) is 4.93. The minimum atomic E-state index is 0.201. The average Bonchev–Trinajstić information content (AvgIpc) is 3.05. The molecule has 29 heavy (non-hydrogen) atoms. The number of aromatic nitrogens is 2. The smallest absolute Gasteiger partial charge is 0.224 e. The van der Waals surface area contributed by atoms with Crippen molar-refractivity contribution in [2.75, 3.05) is 25.0 Å². The third-order valence-electron chi connectivity index (χ3n) is 4.98. The lowest BCUT2D eigenvalue weighted by Crippen LogP contribution is -2.33. The van der Waals surface area contributed by atoms with Gasteiger partial charge < -0.3 is 10.2 Å². The van der Waals surface area contributed by atoms with Gasteiger partial charge in [-0.3, -0.25) is 4.79 Å². The van der Waals surface area contributed by atoms with Crippen LogP contribution in [0.25, 0.3) is 21.3 Å². The lowest BCUT2D eigenvalue weighted by atomic mass is 10.0. The van der Waals surface area contributed by atoms with E-state index in [1.165, 1.54) is 21.6 Å². The molecule has 0 unspecified atom stereocenters.